The van der Waals surface area contributed by atoms with E-state index in [-0.39, 0.29) is 5.91 Å². The summed E-state index contributed by atoms with van der Waals surface area (Å²) in [4.78, 5) is 12.4. The van der Waals surface area contributed by atoms with Crippen LogP contribution in [0.2, 0.25) is 5.02 Å². The van der Waals surface area contributed by atoms with Crippen molar-refractivity contribution in [2.75, 3.05) is 12.4 Å². The van der Waals surface area contributed by atoms with Crippen LogP contribution in [-0.4, -0.2) is 33.0 Å². The van der Waals surface area contributed by atoms with Gasteiger partial charge in [0.15, 0.2) is 0 Å². The fourth-order valence-corrected chi connectivity index (χ4v) is 2.92. The van der Waals surface area contributed by atoms with Gasteiger partial charge in [-0.3, -0.25) is 14.8 Å². The highest BCUT2D eigenvalue weighted by molar-refractivity contribution is 7.15. The Morgan fingerprint density at radius 2 is 2.08 bits per heavy atom. The van der Waals surface area contributed by atoms with Crippen LogP contribution in [0.25, 0.3) is 11.3 Å². The number of nitrogens with one attached hydrogen (secondary N) is 1. The van der Waals surface area contributed by atoms with Crippen LogP contribution < -0.4 is 5.32 Å². The van der Waals surface area contributed by atoms with Gasteiger partial charge in [-0.2, -0.15) is 5.10 Å². The number of carbonyl (C=O) groups excluding carboxylic acids is 1. The minimum atomic E-state index is -0.301. The highest BCUT2D eigenvalue weighted by Gasteiger charge is 2.16. The van der Waals surface area contributed by atoms with E-state index in [0.717, 1.165) is 5.56 Å². The molecule has 7 nitrogen and oxygen atoms in total. The Hall–Kier alpha value is -2.29. The standard InChI is InChI=1S/C15H14ClN5O2S/c1-21-12(7-11(20-21)9-3-5-10(16)6-4-9)14(22)17-15-19-18-13(24-15)8-23-2/h3-7H,8H2,1-2H3,(H,17,19,22). The topological polar surface area (TPSA) is 81.9 Å². The summed E-state index contributed by atoms with van der Waals surface area (Å²) in [6.45, 7) is 0.361. The zero-order valence-electron chi connectivity index (χ0n) is 13.0. The summed E-state index contributed by atoms with van der Waals surface area (Å²) < 4.78 is 6.51. The smallest absolute Gasteiger partial charge is 0.275 e. The first-order valence-electron chi connectivity index (χ1n) is 6.99. The summed E-state index contributed by atoms with van der Waals surface area (Å²) in [7, 11) is 3.29. The third kappa shape index (κ3) is 3.61. The van der Waals surface area contributed by atoms with Crippen LogP contribution in [0, 0.1) is 0 Å². The Morgan fingerprint density at radius 1 is 1.33 bits per heavy atom. The Bertz CT molecular complexity index is 859. The SMILES string of the molecule is COCc1nnc(NC(=O)c2cc(-c3ccc(Cl)cc3)nn2C)s1. The van der Waals surface area contributed by atoms with Crippen molar-refractivity contribution in [3.63, 3.8) is 0 Å². The number of benzene rings is 1. The van der Waals surface area contributed by atoms with Gasteiger partial charge in [0.1, 0.15) is 17.3 Å². The van der Waals surface area contributed by atoms with Crippen LogP contribution in [0.4, 0.5) is 5.13 Å². The molecule has 124 valence electrons. The monoisotopic (exact) mass is 363 g/mol. The second kappa shape index (κ2) is 7.08. The van der Waals surface area contributed by atoms with Gasteiger partial charge >= 0.3 is 0 Å². The van der Waals surface area contributed by atoms with E-state index in [1.165, 1.54) is 16.0 Å². The zero-order valence-corrected chi connectivity index (χ0v) is 14.6. The van der Waals surface area contributed by atoms with Gasteiger partial charge < -0.3 is 4.74 Å². The maximum Gasteiger partial charge on any atom is 0.275 e. The quantitative estimate of drug-likeness (QED) is 0.753. The predicted octanol–water partition coefficient (Wildman–Crippen LogP) is 2.99. The maximum atomic E-state index is 12.4. The van der Waals surface area contributed by atoms with Crippen LogP contribution in [0.15, 0.2) is 30.3 Å². The van der Waals surface area contributed by atoms with Gasteiger partial charge in [0.25, 0.3) is 5.91 Å². The number of amides is 1. The predicted molar refractivity (Wildman–Crippen MR) is 92.2 cm³/mol. The first-order chi connectivity index (χ1) is 11.6. The molecule has 0 unspecified atom stereocenters. The van der Waals surface area contributed by atoms with Crippen molar-refractivity contribution in [3.8, 4) is 11.3 Å². The van der Waals surface area contributed by atoms with Crippen molar-refractivity contribution < 1.29 is 9.53 Å². The summed E-state index contributed by atoms with van der Waals surface area (Å²) in [5.74, 6) is -0.301. The van der Waals surface area contributed by atoms with Crippen molar-refractivity contribution in [1.29, 1.82) is 0 Å². The van der Waals surface area contributed by atoms with E-state index in [9.17, 15) is 4.79 Å². The molecule has 2 heterocycles. The molecule has 0 aliphatic heterocycles. The number of hydrogen-bond acceptors (Lipinski definition) is 6. The molecule has 0 radical (unpaired) electrons. The average Bonchev–Trinajstić information content (AvgIpc) is 3.15. The number of aromatic nitrogens is 4. The first kappa shape index (κ1) is 16.6. The number of hydrogen-bond donors (Lipinski definition) is 1. The van der Waals surface area contributed by atoms with Crippen molar-refractivity contribution in [1.82, 2.24) is 20.0 Å². The molecule has 1 aromatic carbocycles. The minimum absolute atomic E-state index is 0.301. The van der Waals surface area contributed by atoms with Gasteiger partial charge in [0.2, 0.25) is 5.13 Å². The summed E-state index contributed by atoms with van der Waals surface area (Å²) in [5.41, 5.74) is 1.99. The summed E-state index contributed by atoms with van der Waals surface area (Å²) >= 11 is 7.16. The number of carbonyl (C=O) groups is 1. The molecular formula is C15H14ClN5O2S. The second-order valence-electron chi connectivity index (χ2n) is 4.93. The number of nitrogens with zero attached hydrogens (tertiary/aromatic N) is 4. The van der Waals surface area contributed by atoms with Gasteiger partial charge in [0.05, 0.1) is 5.69 Å². The fourth-order valence-electron chi connectivity index (χ4n) is 2.09. The number of anilines is 1. The summed E-state index contributed by atoms with van der Waals surface area (Å²) in [6.07, 6.45) is 0. The molecular weight excluding hydrogens is 350 g/mol. The Labute approximate surface area is 147 Å². The molecule has 1 N–H and O–H groups in total. The van der Waals surface area contributed by atoms with Crippen molar-refractivity contribution in [2.45, 2.75) is 6.61 Å². The van der Waals surface area contributed by atoms with Crippen LogP contribution >= 0.6 is 22.9 Å². The molecule has 0 atom stereocenters. The second-order valence-corrected chi connectivity index (χ2v) is 6.43. The molecule has 0 spiro atoms. The third-order valence-corrected chi connectivity index (χ3v) is 4.27. The molecule has 0 fully saturated rings. The van der Waals surface area contributed by atoms with Crippen LogP contribution in [0.1, 0.15) is 15.5 Å². The van der Waals surface area contributed by atoms with Gasteiger partial charge in [-0.1, -0.05) is 35.1 Å². The zero-order chi connectivity index (χ0) is 17.1. The molecule has 0 aliphatic rings. The number of methoxy groups -OCH3 is 1. The lowest BCUT2D eigenvalue weighted by molar-refractivity contribution is 0.101. The highest BCUT2D eigenvalue weighted by Crippen LogP contribution is 2.22. The lowest BCUT2D eigenvalue weighted by Gasteiger charge is -2.00. The van der Waals surface area contributed by atoms with E-state index >= 15 is 0 Å². The molecule has 0 saturated carbocycles. The number of rotatable bonds is 5. The fraction of sp³-hybridized carbons (Fsp3) is 0.200. The molecule has 0 saturated heterocycles. The van der Waals surface area contributed by atoms with E-state index < -0.39 is 0 Å². The first-order valence-corrected chi connectivity index (χ1v) is 8.19. The average molecular weight is 364 g/mol. The molecule has 0 aliphatic carbocycles. The molecule has 1 amide bonds. The summed E-state index contributed by atoms with van der Waals surface area (Å²) in [5, 5.41) is 16.7. The summed E-state index contributed by atoms with van der Waals surface area (Å²) in [6, 6.07) is 8.99. The van der Waals surface area contributed by atoms with Gasteiger partial charge in [-0.25, -0.2) is 0 Å². The normalized spacial score (nSPS) is 10.8. The van der Waals surface area contributed by atoms with Gasteiger partial charge in [-0.05, 0) is 18.2 Å². The largest absolute Gasteiger partial charge is 0.377 e. The molecule has 2 aromatic heterocycles. The van der Waals surface area contributed by atoms with Crippen molar-refractivity contribution in [3.05, 3.63) is 46.1 Å². The van der Waals surface area contributed by atoms with Gasteiger partial charge in [0, 0.05) is 24.7 Å². The molecule has 24 heavy (non-hydrogen) atoms. The van der Waals surface area contributed by atoms with Crippen molar-refractivity contribution >= 4 is 34.0 Å². The number of halogens is 1. The lowest BCUT2D eigenvalue weighted by Crippen LogP contribution is -2.15. The van der Waals surface area contributed by atoms with Crippen molar-refractivity contribution in [2.24, 2.45) is 7.05 Å². The van der Waals surface area contributed by atoms with Crippen LogP contribution in [-0.2, 0) is 18.4 Å². The Kier molecular flexibility index (Phi) is 4.89. The van der Waals surface area contributed by atoms with E-state index in [4.69, 9.17) is 16.3 Å². The van der Waals surface area contributed by atoms with E-state index in [2.05, 4.69) is 20.6 Å². The van der Waals surface area contributed by atoms with Crippen LogP contribution in [0.3, 0.4) is 0 Å². The van der Waals surface area contributed by atoms with E-state index in [0.29, 0.717) is 33.2 Å². The Morgan fingerprint density at radius 3 is 2.79 bits per heavy atom. The number of ether oxygens (including phenoxy) is 1. The van der Waals surface area contributed by atoms with Crippen LogP contribution in [0.5, 0.6) is 0 Å². The third-order valence-electron chi connectivity index (χ3n) is 3.21. The molecule has 0 bridgehead atoms. The lowest BCUT2D eigenvalue weighted by atomic mass is 10.1. The molecule has 3 aromatic rings. The Balaban J connectivity index is 1.78. The molecule has 3 rings (SSSR count). The maximum absolute atomic E-state index is 12.4. The molecule has 9 heteroatoms. The number of aryl methyl sites for hydroxylation is 1. The highest BCUT2D eigenvalue weighted by atomic mass is 35.5. The van der Waals surface area contributed by atoms with Gasteiger partial charge in [-0.15, -0.1) is 10.2 Å². The minimum Gasteiger partial charge on any atom is -0.377 e. The van der Waals surface area contributed by atoms with E-state index in [1.54, 1.807) is 32.4 Å². The van der Waals surface area contributed by atoms with E-state index in [1.807, 2.05) is 12.1 Å².